The number of nitrogens with zero attached hydrogens (tertiary/aromatic N) is 1. The van der Waals surface area contributed by atoms with Crippen LogP contribution in [-0.4, -0.2) is 34.8 Å². The van der Waals surface area contributed by atoms with E-state index in [1.54, 1.807) is 18.2 Å². The molecule has 7 heteroatoms. The number of aromatic hydroxyl groups is 1. The zero-order valence-corrected chi connectivity index (χ0v) is 16.1. The topological polar surface area (TPSA) is 87.1 Å². The zero-order valence-electron chi connectivity index (χ0n) is 15.3. The van der Waals surface area contributed by atoms with Gasteiger partial charge in [0, 0.05) is 5.02 Å². The monoisotopic (exact) mass is 403 g/mol. The molecule has 1 amide bonds. The van der Waals surface area contributed by atoms with Crippen LogP contribution in [0.5, 0.6) is 5.75 Å². The molecule has 1 saturated carbocycles. The first-order valence-corrected chi connectivity index (χ1v) is 9.60. The van der Waals surface area contributed by atoms with E-state index in [0.29, 0.717) is 0 Å². The fourth-order valence-electron chi connectivity index (χ4n) is 3.41. The van der Waals surface area contributed by atoms with E-state index in [2.05, 4.69) is 0 Å². The van der Waals surface area contributed by atoms with E-state index < -0.39 is 11.9 Å². The van der Waals surface area contributed by atoms with E-state index in [4.69, 9.17) is 16.3 Å². The minimum Gasteiger partial charge on any atom is -0.506 e. The predicted octanol–water partition coefficient (Wildman–Crippen LogP) is 4.76. The van der Waals surface area contributed by atoms with Crippen molar-refractivity contribution in [2.75, 3.05) is 11.5 Å². The fourth-order valence-corrected chi connectivity index (χ4v) is 3.57. The summed E-state index contributed by atoms with van der Waals surface area (Å²) in [5.74, 6) is -1.82. The van der Waals surface area contributed by atoms with Crippen molar-refractivity contribution in [1.82, 2.24) is 0 Å². The average Bonchev–Trinajstić information content (AvgIpc) is 2.69. The van der Waals surface area contributed by atoms with Crippen LogP contribution in [0, 0.1) is 0 Å². The number of para-hydroxylation sites is 2. The molecular formula is C21H22ClNO5. The van der Waals surface area contributed by atoms with E-state index >= 15 is 0 Å². The first-order chi connectivity index (χ1) is 13.5. The number of amides is 1. The molecule has 0 spiro atoms. The number of ether oxygens (including phenoxy) is 1. The number of hydrogen-bond donors (Lipinski definition) is 2. The summed E-state index contributed by atoms with van der Waals surface area (Å²) >= 11 is 6.07. The van der Waals surface area contributed by atoms with Crippen molar-refractivity contribution in [3.05, 3.63) is 53.1 Å². The minimum absolute atomic E-state index is 0.0159. The van der Waals surface area contributed by atoms with Gasteiger partial charge >= 0.3 is 5.97 Å². The Hall–Kier alpha value is -2.57. The molecule has 6 nitrogen and oxygen atoms in total. The molecule has 1 fully saturated rings. The molecule has 2 aromatic carbocycles. The highest BCUT2D eigenvalue weighted by atomic mass is 35.5. The maximum atomic E-state index is 13.1. The van der Waals surface area contributed by atoms with E-state index in [1.807, 2.05) is 0 Å². The Morgan fingerprint density at radius 3 is 2.46 bits per heavy atom. The Bertz CT molecular complexity index is 864. The number of aromatic carboxylic acids is 1. The first-order valence-electron chi connectivity index (χ1n) is 9.23. The Labute approximate surface area is 168 Å². The lowest BCUT2D eigenvalue weighted by atomic mass is 9.98. The van der Waals surface area contributed by atoms with E-state index in [0.717, 1.165) is 30.6 Å². The van der Waals surface area contributed by atoms with Gasteiger partial charge in [-0.25, -0.2) is 4.79 Å². The lowest BCUT2D eigenvalue weighted by molar-refractivity contribution is -0.125. The largest absolute Gasteiger partial charge is 0.506 e. The highest BCUT2D eigenvalue weighted by Gasteiger charge is 2.27. The molecule has 28 heavy (non-hydrogen) atoms. The van der Waals surface area contributed by atoms with Crippen molar-refractivity contribution >= 4 is 34.9 Å². The molecule has 0 heterocycles. The second-order valence-corrected chi connectivity index (χ2v) is 7.19. The summed E-state index contributed by atoms with van der Waals surface area (Å²) in [5, 5.41) is 20.1. The van der Waals surface area contributed by atoms with Crippen molar-refractivity contribution in [3.63, 3.8) is 0 Å². The summed E-state index contributed by atoms with van der Waals surface area (Å²) in [4.78, 5) is 25.9. The third kappa shape index (κ3) is 4.64. The van der Waals surface area contributed by atoms with Crippen LogP contribution in [0.25, 0.3) is 0 Å². The van der Waals surface area contributed by atoms with Gasteiger partial charge in [0.1, 0.15) is 12.4 Å². The second-order valence-electron chi connectivity index (χ2n) is 6.76. The van der Waals surface area contributed by atoms with Crippen LogP contribution >= 0.6 is 11.6 Å². The molecule has 3 rings (SSSR count). The number of phenolic OH excluding ortho intramolecular Hbond substituents is 1. The predicted molar refractivity (Wildman–Crippen MR) is 106 cm³/mol. The van der Waals surface area contributed by atoms with Crippen LogP contribution in [0.1, 0.15) is 42.5 Å². The van der Waals surface area contributed by atoms with Crippen LogP contribution in [-0.2, 0) is 9.53 Å². The third-order valence-corrected chi connectivity index (χ3v) is 5.03. The molecule has 0 atom stereocenters. The number of carbonyl (C=O) groups excluding carboxylic acids is 1. The maximum Gasteiger partial charge on any atom is 0.337 e. The van der Waals surface area contributed by atoms with Gasteiger partial charge in [-0.2, -0.15) is 0 Å². The summed E-state index contributed by atoms with van der Waals surface area (Å²) in [6, 6.07) is 10.4. The standard InChI is InChI=1S/C21H22ClNO5/c22-14-10-11-16(21(26)27)18(12-14)23(17-8-4-5-9-19(17)24)20(25)13-28-15-6-2-1-3-7-15/h4-5,8-12,15,24H,1-3,6-7,13H2,(H,26,27). The SMILES string of the molecule is O=C(O)c1ccc(Cl)cc1N(C(=O)COC1CCCCC1)c1ccccc1O. The molecule has 148 valence electrons. The number of benzene rings is 2. The Morgan fingerprint density at radius 1 is 1.07 bits per heavy atom. The lowest BCUT2D eigenvalue weighted by Gasteiger charge is -2.27. The minimum atomic E-state index is -1.20. The van der Waals surface area contributed by atoms with Crippen molar-refractivity contribution in [2.24, 2.45) is 0 Å². The van der Waals surface area contributed by atoms with Gasteiger partial charge in [0.05, 0.1) is 23.0 Å². The third-order valence-electron chi connectivity index (χ3n) is 4.80. The zero-order chi connectivity index (χ0) is 20.1. The van der Waals surface area contributed by atoms with E-state index in [1.165, 1.54) is 30.7 Å². The van der Waals surface area contributed by atoms with Gasteiger partial charge in [-0.15, -0.1) is 0 Å². The first kappa shape index (κ1) is 20.2. The van der Waals surface area contributed by atoms with Gasteiger partial charge in [0.25, 0.3) is 5.91 Å². The molecule has 1 aliphatic carbocycles. The summed E-state index contributed by atoms with van der Waals surface area (Å²) < 4.78 is 5.79. The van der Waals surface area contributed by atoms with E-state index in [9.17, 15) is 19.8 Å². The van der Waals surface area contributed by atoms with Gasteiger partial charge in [0.15, 0.2) is 0 Å². The number of carboxylic acid groups (broad SMARTS) is 1. The van der Waals surface area contributed by atoms with Crippen LogP contribution in [0.15, 0.2) is 42.5 Å². The van der Waals surface area contributed by atoms with Gasteiger partial charge in [-0.1, -0.05) is 43.0 Å². The molecule has 2 N–H and O–H groups in total. The molecule has 0 aromatic heterocycles. The van der Waals surface area contributed by atoms with Gasteiger partial charge < -0.3 is 14.9 Å². The quantitative estimate of drug-likeness (QED) is 0.726. The number of carbonyl (C=O) groups is 2. The lowest BCUT2D eigenvalue weighted by Crippen LogP contribution is -2.33. The fraction of sp³-hybridized carbons (Fsp3) is 0.333. The number of rotatable bonds is 6. The number of carboxylic acids is 1. The highest BCUT2D eigenvalue weighted by molar-refractivity contribution is 6.31. The summed E-state index contributed by atoms with van der Waals surface area (Å²) in [6.45, 7) is -0.218. The molecule has 0 radical (unpaired) electrons. The number of anilines is 2. The van der Waals surface area contributed by atoms with E-state index in [-0.39, 0.29) is 40.4 Å². The van der Waals surface area contributed by atoms with Crippen molar-refractivity contribution < 1.29 is 24.5 Å². The molecule has 0 saturated heterocycles. The van der Waals surface area contributed by atoms with Gasteiger partial charge in [-0.05, 0) is 43.2 Å². The maximum absolute atomic E-state index is 13.1. The smallest absolute Gasteiger partial charge is 0.337 e. The van der Waals surface area contributed by atoms with Crippen LogP contribution in [0.4, 0.5) is 11.4 Å². The van der Waals surface area contributed by atoms with Gasteiger partial charge in [-0.3, -0.25) is 9.69 Å². The number of halogens is 1. The molecule has 1 aliphatic rings. The normalized spacial score (nSPS) is 14.6. The molecule has 2 aromatic rings. The Kier molecular flexibility index (Phi) is 6.54. The van der Waals surface area contributed by atoms with Crippen molar-refractivity contribution in [3.8, 4) is 5.75 Å². The number of hydrogen-bond acceptors (Lipinski definition) is 4. The average molecular weight is 404 g/mol. The van der Waals surface area contributed by atoms with Crippen molar-refractivity contribution in [2.45, 2.75) is 38.2 Å². The summed E-state index contributed by atoms with van der Waals surface area (Å²) in [7, 11) is 0. The molecule has 0 unspecified atom stereocenters. The van der Waals surface area contributed by atoms with Crippen molar-refractivity contribution in [1.29, 1.82) is 0 Å². The summed E-state index contributed by atoms with van der Waals surface area (Å²) in [5.41, 5.74) is 0.155. The number of phenols is 1. The van der Waals surface area contributed by atoms with Crippen LogP contribution < -0.4 is 4.90 Å². The molecule has 0 aliphatic heterocycles. The molecular weight excluding hydrogens is 382 g/mol. The molecule has 0 bridgehead atoms. The van der Waals surface area contributed by atoms with Crippen LogP contribution in [0.3, 0.4) is 0 Å². The van der Waals surface area contributed by atoms with Gasteiger partial charge in [0.2, 0.25) is 0 Å². The highest BCUT2D eigenvalue weighted by Crippen LogP contribution is 2.36. The van der Waals surface area contributed by atoms with Crippen LogP contribution in [0.2, 0.25) is 5.02 Å². The summed E-state index contributed by atoms with van der Waals surface area (Å²) in [6.07, 6.45) is 5.13. The Balaban J connectivity index is 1.96. The Morgan fingerprint density at radius 2 is 1.79 bits per heavy atom. The second kappa shape index (κ2) is 9.08.